The van der Waals surface area contributed by atoms with Gasteiger partial charge in [-0.2, -0.15) is 0 Å². The number of carboxylic acids is 1. The average Bonchev–Trinajstić information content (AvgIpc) is 2.20. The lowest BCUT2D eigenvalue weighted by molar-refractivity contribution is -0.142. The molecule has 0 fully saturated rings. The SMILES string of the molecule is COCC(C(=O)O)n1cc(Cl)c(=O)[nH]c1=O. The fourth-order valence-corrected chi connectivity index (χ4v) is 1.27. The molecule has 1 unspecified atom stereocenters. The van der Waals surface area contributed by atoms with E-state index in [0.717, 1.165) is 10.8 Å². The van der Waals surface area contributed by atoms with Gasteiger partial charge < -0.3 is 9.84 Å². The standard InChI is InChI=1S/C8H9ClN2O5/c1-16-3-5(7(13)14)11-2-4(9)6(12)10-8(11)15/h2,5H,3H2,1H3,(H,13,14)(H,10,12,15). The van der Waals surface area contributed by atoms with Crippen molar-refractivity contribution >= 4 is 17.6 Å². The Balaban J connectivity index is 3.30. The molecule has 1 aromatic rings. The molecule has 88 valence electrons. The number of carbonyl (C=O) groups is 1. The molecule has 0 spiro atoms. The molecule has 1 aromatic heterocycles. The van der Waals surface area contributed by atoms with Crippen molar-refractivity contribution in [3.05, 3.63) is 32.1 Å². The quantitative estimate of drug-likeness (QED) is 0.745. The van der Waals surface area contributed by atoms with Crippen LogP contribution in [0.3, 0.4) is 0 Å². The number of hydrogen-bond donors (Lipinski definition) is 2. The fourth-order valence-electron chi connectivity index (χ4n) is 1.12. The monoisotopic (exact) mass is 248 g/mol. The van der Waals surface area contributed by atoms with Crippen LogP contribution in [0.2, 0.25) is 5.02 Å². The molecule has 1 heterocycles. The minimum atomic E-state index is -1.26. The maximum absolute atomic E-state index is 11.3. The van der Waals surface area contributed by atoms with E-state index in [9.17, 15) is 14.4 Å². The molecule has 0 aliphatic carbocycles. The molecule has 0 amide bonds. The minimum Gasteiger partial charge on any atom is -0.480 e. The second-order valence-electron chi connectivity index (χ2n) is 2.95. The van der Waals surface area contributed by atoms with Gasteiger partial charge in [-0.15, -0.1) is 0 Å². The first kappa shape index (κ1) is 12.5. The highest BCUT2D eigenvalue weighted by molar-refractivity contribution is 6.30. The van der Waals surface area contributed by atoms with Crippen molar-refractivity contribution in [1.82, 2.24) is 9.55 Å². The van der Waals surface area contributed by atoms with Crippen LogP contribution in [0.1, 0.15) is 6.04 Å². The lowest BCUT2D eigenvalue weighted by Gasteiger charge is -2.13. The summed E-state index contributed by atoms with van der Waals surface area (Å²) in [6.07, 6.45) is 0.973. The van der Waals surface area contributed by atoms with E-state index in [-0.39, 0.29) is 11.6 Å². The summed E-state index contributed by atoms with van der Waals surface area (Å²) in [4.78, 5) is 35.1. The van der Waals surface area contributed by atoms with Crippen LogP contribution in [-0.2, 0) is 9.53 Å². The van der Waals surface area contributed by atoms with Crippen LogP contribution in [0, 0.1) is 0 Å². The highest BCUT2D eigenvalue weighted by Crippen LogP contribution is 2.06. The maximum atomic E-state index is 11.3. The number of hydrogen-bond acceptors (Lipinski definition) is 4. The van der Waals surface area contributed by atoms with Crippen molar-refractivity contribution in [2.24, 2.45) is 0 Å². The van der Waals surface area contributed by atoms with Gasteiger partial charge in [0.2, 0.25) is 0 Å². The Labute approximate surface area is 94.2 Å². The van der Waals surface area contributed by atoms with E-state index in [2.05, 4.69) is 4.74 Å². The number of H-pyrrole nitrogens is 1. The number of aromatic amines is 1. The minimum absolute atomic E-state index is 0.211. The van der Waals surface area contributed by atoms with Crippen LogP contribution in [-0.4, -0.2) is 34.3 Å². The Morgan fingerprint density at radius 1 is 1.69 bits per heavy atom. The number of carboxylic acid groups (broad SMARTS) is 1. The summed E-state index contributed by atoms with van der Waals surface area (Å²) in [6, 6.07) is -1.23. The number of ether oxygens (including phenoxy) is 1. The second-order valence-corrected chi connectivity index (χ2v) is 3.36. The Kier molecular flexibility index (Phi) is 3.86. The number of nitrogens with one attached hydrogen (secondary N) is 1. The number of aromatic nitrogens is 2. The van der Waals surface area contributed by atoms with E-state index in [0.29, 0.717) is 0 Å². The molecule has 2 N–H and O–H groups in total. The van der Waals surface area contributed by atoms with Crippen LogP contribution >= 0.6 is 11.6 Å². The van der Waals surface area contributed by atoms with Gasteiger partial charge in [-0.3, -0.25) is 14.3 Å². The van der Waals surface area contributed by atoms with Crippen molar-refractivity contribution in [3.63, 3.8) is 0 Å². The number of nitrogens with zero attached hydrogens (tertiary/aromatic N) is 1. The molecule has 0 saturated carbocycles. The van der Waals surface area contributed by atoms with Crippen molar-refractivity contribution in [2.45, 2.75) is 6.04 Å². The lowest BCUT2D eigenvalue weighted by atomic mass is 10.3. The predicted octanol–water partition coefficient (Wildman–Crippen LogP) is -0.538. The molecule has 1 atom stereocenters. The molecular formula is C8H9ClN2O5. The smallest absolute Gasteiger partial charge is 0.329 e. The number of halogens is 1. The zero-order chi connectivity index (χ0) is 12.3. The zero-order valence-corrected chi connectivity index (χ0v) is 9.02. The Morgan fingerprint density at radius 3 is 2.81 bits per heavy atom. The second kappa shape index (κ2) is 4.95. The van der Waals surface area contributed by atoms with E-state index >= 15 is 0 Å². The largest absolute Gasteiger partial charge is 0.480 e. The first-order valence-corrected chi connectivity index (χ1v) is 4.58. The number of aliphatic carboxylic acids is 1. The van der Waals surface area contributed by atoms with Gasteiger partial charge in [0.25, 0.3) is 5.56 Å². The third kappa shape index (κ3) is 2.50. The molecule has 8 heteroatoms. The van der Waals surface area contributed by atoms with Gasteiger partial charge in [0.1, 0.15) is 5.02 Å². The summed E-state index contributed by atoms with van der Waals surface area (Å²) in [7, 11) is 1.30. The Bertz CT molecular complexity index is 506. The molecular weight excluding hydrogens is 240 g/mol. The molecule has 1 rings (SSSR count). The first-order chi connectivity index (χ1) is 7.47. The molecule has 0 saturated heterocycles. The zero-order valence-electron chi connectivity index (χ0n) is 8.27. The van der Waals surface area contributed by atoms with Gasteiger partial charge in [-0.05, 0) is 0 Å². The average molecular weight is 249 g/mol. The maximum Gasteiger partial charge on any atom is 0.329 e. The van der Waals surface area contributed by atoms with Crippen LogP contribution < -0.4 is 11.2 Å². The molecule has 7 nitrogen and oxygen atoms in total. The van der Waals surface area contributed by atoms with Gasteiger partial charge >= 0.3 is 11.7 Å². The highest BCUT2D eigenvalue weighted by atomic mass is 35.5. The summed E-state index contributed by atoms with van der Waals surface area (Å²) in [5.74, 6) is -1.26. The Morgan fingerprint density at radius 2 is 2.31 bits per heavy atom. The van der Waals surface area contributed by atoms with E-state index in [4.69, 9.17) is 16.7 Å². The fraction of sp³-hybridized carbons (Fsp3) is 0.375. The van der Waals surface area contributed by atoms with Crippen LogP contribution in [0.5, 0.6) is 0 Å². The Hall–Kier alpha value is -1.60. The molecule has 0 bridgehead atoms. The third-order valence-electron chi connectivity index (χ3n) is 1.87. The van der Waals surface area contributed by atoms with Crippen LogP contribution in [0.15, 0.2) is 15.8 Å². The highest BCUT2D eigenvalue weighted by Gasteiger charge is 2.21. The summed E-state index contributed by atoms with van der Waals surface area (Å²) in [6.45, 7) is -0.211. The van der Waals surface area contributed by atoms with E-state index < -0.39 is 23.3 Å². The summed E-state index contributed by atoms with van der Waals surface area (Å²) in [5.41, 5.74) is -1.61. The van der Waals surface area contributed by atoms with E-state index in [1.54, 1.807) is 0 Å². The van der Waals surface area contributed by atoms with Crippen molar-refractivity contribution in [3.8, 4) is 0 Å². The number of methoxy groups -OCH3 is 1. The van der Waals surface area contributed by atoms with Crippen LogP contribution in [0.25, 0.3) is 0 Å². The molecule has 0 aliphatic heterocycles. The van der Waals surface area contributed by atoms with Gasteiger partial charge in [-0.1, -0.05) is 11.6 Å². The van der Waals surface area contributed by atoms with Gasteiger partial charge in [0.15, 0.2) is 6.04 Å². The normalized spacial score (nSPS) is 12.4. The molecule has 16 heavy (non-hydrogen) atoms. The summed E-state index contributed by atoms with van der Waals surface area (Å²) < 4.78 is 5.47. The van der Waals surface area contributed by atoms with Gasteiger partial charge in [0, 0.05) is 13.3 Å². The van der Waals surface area contributed by atoms with Crippen molar-refractivity contribution in [1.29, 1.82) is 0 Å². The summed E-state index contributed by atoms with van der Waals surface area (Å²) in [5, 5.41) is 8.61. The molecule has 0 aromatic carbocycles. The van der Waals surface area contributed by atoms with Crippen molar-refractivity contribution in [2.75, 3.05) is 13.7 Å². The predicted molar refractivity (Wildman–Crippen MR) is 54.9 cm³/mol. The van der Waals surface area contributed by atoms with E-state index in [1.165, 1.54) is 7.11 Å². The van der Waals surface area contributed by atoms with Gasteiger partial charge in [-0.25, -0.2) is 9.59 Å². The topological polar surface area (TPSA) is 101 Å². The molecule has 0 aliphatic rings. The molecule has 0 radical (unpaired) electrons. The van der Waals surface area contributed by atoms with Crippen LogP contribution in [0.4, 0.5) is 0 Å². The van der Waals surface area contributed by atoms with Crippen molar-refractivity contribution < 1.29 is 14.6 Å². The number of rotatable bonds is 4. The lowest BCUT2D eigenvalue weighted by Crippen LogP contribution is -2.37. The first-order valence-electron chi connectivity index (χ1n) is 4.20. The van der Waals surface area contributed by atoms with E-state index in [1.807, 2.05) is 4.98 Å². The third-order valence-corrected chi connectivity index (χ3v) is 2.14. The van der Waals surface area contributed by atoms with Gasteiger partial charge in [0.05, 0.1) is 6.61 Å². The summed E-state index contributed by atoms with van der Waals surface area (Å²) >= 11 is 5.50.